The topological polar surface area (TPSA) is 67.4 Å². The van der Waals surface area contributed by atoms with Crippen LogP contribution in [0.4, 0.5) is 20.2 Å². The summed E-state index contributed by atoms with van der Waals surface area (Å²) in [6.45, 7) is 0. The molecular formula is C26H18F2N2O3. The summed E-state index contributed by atoms with van der Waals surface area (Å²) in [6.07, 6.45) is 0. The average molecular weight is 444 g/mol. The smallest absolute Gasteiger partial charge is 0.258 e. The van der Waals surface area contributed by atoms with Crippen LogP contribution in [0.25, 0.3) is 0 Å². The molecule has 7 heteroatoms. The Morgan fingerprint density at radius 2 is 0.909 bits per heavy atom. The lowest BCUT2D eigenvalue weighted by Gasteiger charge is -2.10. The first kappa shape index (κ1) is 21.7. The molecule has 4 aromatic rings. The number of amides is 2. The standard InChI is InChI=1S/C26H18F2N2O3/c27-23-7-3-1-5-21(23)25(31)29-17-9-13-19(14-10-17)33-20-15-11-18(12-16-20)30-26(32)22-6-2-4-8-24(22)28/h1-16H,(H,29,31)(H,30,32). The Hall–Kier alpha value is -4.52. The molecule has 0 fully saturated rings. The lowest BCUT2D eigenvalue weighted by molar-refractivity contribution is 0.101. The fourth-order valence-electron chi connectivity index (χ4n) is 3.04. The molecule has 4 aromatic carbocycles. The Morgan fingerprint density at radius 3 is 1.27 bits per heavy atom. The fraction of sp³-hybridized carbons (Fsp3) is 0. The summed E-state index contributed by atoms with van der Waals surface area (Å²) in [5.41, 5.74) is 0.892. The highest BCUT2D eigenvalue weighted by Crippen LogP contribution is 2.25. The zero-order valence-corrected chi connectivity index (χ0v) is 17.2. The Morgan fingerprint density at radius 1 is 0.545 bits per heavy atom. The van der Waals surface area contributed by atoms with Crippen LogP contribution in [0, 0.1) is 11.6 Å². The summed E-state index contributed by atoms with van der Waals surface area (Å²) in [5, 5.41) is 5.26. The summed E-state index contributed by atoms with van der Waals surface area (Å²) in [5.74, 6) is -1.25. The summed E-state index contributed by atoms with van der Waals surface area (Å²) in [7, 11) is 0. The van der Waals surface area contributed by atoms with Gasteiger partial charge in [0.15, 0.2) is 0 Å². The average Bonchev–Trinajstić information content (AvgIpc) is 2.82. The molecule has 5 nitrogen and oxygen atoms in total. The number of benzene rings is 4. The molecule has 0 saturated carbocycles. The highest BCUT2D eigenvalue weighted by molar-refractivity contribution is 6.05. The predicted octanol–water partition coefficient (Wildman–Crippen LogP) is 6.26. The second-order valence-corrected chi connectivity index (χ2v) is 7.02. The van der Waals surface area contributed by atoms with Crippen LogP contribution in [0.5, 0.6) is 11.5 Å². The molecule has 0 bridgehead atoms. The van der Waals surface area contributed by atoms with Crippen LogP contribution in [0.2, 0.25) is 0 Å². The van der Waals surface area contributed by atoms with Crippen LogP contribution < -0.4 is 15.4 Å². The first-order valence-corrected chi connectivity index (χ1v) is 9.99. The van der Waals surface area contributed by atoms with Crippen molar-refractivity contribution in [1.82, 2.24) is 0 Å². The third-order valence-corrected chi connectivity index (χ3v) is 4.70. The first-order valence-electron chi connectivity index (χ1n) is 9.99. The van der Waals surface area contributed by atoms with E-state index in [0.29, 0.717) is 22.9 Å². The highest BCUT2D eigenvalue weighted by Gasteiger charge is 2.12. The van der Waals surface area contributed by atoms with E-state index < -0.39 is 23.4 Å². The van der Waals surface area contributed by atoms with Crippen molar-refractivity contribution in [2.45, 2.75) is 0 Å². The van der Waals surface area contributed by atoms with Gasteiger partial charge >= 0.3 is 0 Å². The quantitative estimate of drug-likeness (QED) is 0.369. The van der Waals surface area contributed by atoms with Gasteiger partial charge < -0.3 is 15.4 Å². The Kier molecular flexibility index (Phi) is 6.40. The van der Waals surface area contributed by atoms with E-state index in [0.717, 1.165) is 0 Å². The van der Waals surface area contributed by atoms with Gasteiger partial charge in [0.05, 0.1) is 11.1 Å². The lowest BCUT2D eigenvalue weighted by Crippen LogP contribution is -2.13. The van der Waals surface area contributed by atoms with E-state index in [1.54, 1.807) is 60.7 Å². The van der Waals surface area contributed by atoms with Crippen LogP contribution in [0.1, 0.15) is 20.7 Å². The molecule has 0 aliphatic heterocycles. The van der Waals surface area contributed by atoms with E-state index in [1.165, 1.54) is 36.4 Å². The molecule has 4 rings (SSSR count). The summed E-state index contributed by atoms with van der Waals surface area (Å²) >= 11 is 0. The molecular weight excluding hydrogens is 426 g/mol. The Labute approximate surface area is 188 Å². The molecule has 0 aliphatic carbocycles. The molecule has 0 aromatic heterocycles. The summed E-state index contributed by atoms with van der Waals surface area (Å²) in [4.78, 5) is 24.4. The van der Waals surface area contributed by atoms with Crippen molar-refractivity contribution in [2.24, 2.45) is 0 Å². The van der Waals surface area contributed by atoms with E-state index in [4.69, 9.17) is 4.74 Å². The Balaban J connectivity index is 1.35. The van der Waals surface area contributed by atoms with Crippen LogP contribution >= 0.6 is 0 Å². The van der Waals surface area contributed by atoms with Gasteiger partial charge in [-0.15, -0.1) is 0 Å². The molecule has 0 aliphatic rings. The molecule has 0 spiro atoms. The van der Waals surface area contributed by atoms with E-state index in [2.05, 4.69) is 10.6 Å². The van der Waals surface area contributed by atoms with Gasteiger partial charge in [-0.25, -0.2) is 8.78 Å². The van der Waals surface area contributed by atoms with Gasteiger partial charge in [-0.2, -0.15) is 0 Å². The van der Waals surface area contributed by atoms with Gasteiger partial charge in [0.1, 0.15) is 23.1 Å². The number of rotatable bonds is 6. The second-order valence-electron chi connectivity index (χ2n) is 7.02. The van der Waals surface area contributed by atoms with Crippen LogP contribution in [0.3, 0.4) is 0 Å². The zero-order chi connectivity index (χ0) is 23.2. The van der Waals surface area contributed by atoms with Crippen molar-refractivity contribution in [3.8, 4) is 11.5 Å². The van der Waals surface area contributed by atoms with Crippen molar-refractivity contribution in [3.63, 3.8) is 0 Å². The largest absolute Gasteiger partial charge is 0.457 e. The zero-order valence-electron chi connectivity index (χ0n) is 17.2. The fourth-order valence-corrected chi connectivity index (χ4v) is 3.04. The summed E-state index contributed by atoms with van der Waals surface area (Å²) in [6, 6.07) is 24.6. The number of hydrogen-bond donors (Lipinski definition) is 2. The normalized spacial score (nSPS) is 10.4. The predicted molar refractivity (Wildman–Crippen MR) is 122 cm³/mol. The van der Waals surface area contributed by atoms with Crippen molar-refractivity contribution >= 4 is 23.2 Å². The van der Waals surface area contributed by atoms with Crippen molar-refractivity contribution in [3.05, 3.63) is 120 Å². The van der Waals surface area contributed by atoms with Gasteiger partial charge in [-0.05, 0) is 72.8 Å². The number of ether oxygens (including phenoxy) is 1. The SMILES string of the molecule is O=C(Nc1ccc(Oc2ccc(NC(=O)c3ccccc3F)cc2)cc1)c1ccccc1F. The second kappa shape index (κ2) is 9.74. The number of nitrogens with one attached hydrogen (secondary N) is 2. The minimum Gasteiger partial charge on any atom is -0.457 e. The van der Waals surface area contributed by atoms with Gasteiger partial charge in [0.2, 0.25) is 0 Å². The van der Waals surface area contributed by atoms with E-state index in [1.807, 2.05) is 0 Å². The Bertz CT molecular complexity index is 1190. The van der Waals surface area contributed by atoms with Gasteiger partial charge in [-0.1, -0.05) is 24.3 Å². The van der Waals surface area contributed by atoms with E-state index in [-0.39, 0.29) is 11.1 Å². The molecule has 0 unspecified atom stereocenters. The van der Waals surface area contributed by atoms with Crippen LogP contribution in [-0.4, -0.2) is 11.8 Å². The lowest BCUT2D eigenvalue weighted by atomic mass is 10.2. The molecule has 33 heavy (non-hydrogen) atoms. The van der Waals surface area contributed by atoms with Gasteiger partial charge in [-0.3, -0.25) is 9.59 Å². The minimum atomic E-state index is -0.594. The number of hydrogen-bond acceptors (Lipinski definition) is 3. The molecule has 0 heterocycles. The first-order chi connectivity index (χ1) is 16.0. The van der Waals surface area contributed by atoms with Crippen molar-refractivity contribution in [2.75, 3.05) is 10.6 Å². The summed E-state index contributed by atoms with van der Waals surface area (Å²) < 4.78 is 33.2. The number of halogens is 2. The van der Waals surface area contributed by atoms with E-state index >= 15 is 0 Å². The monoisotopic (exact) mass is 444 g/mol. The minimum absolute atomic E-state index is 0.0417. The highest BCUT2D eigenvalue weighted by atomic mass is 19.1. The molecule has 0 saturated heterocycles. The van der Waals surface area contributed by atoms with Gasteiger partial charge in [0.25, 0.3) is 11.8 Å². The maximum absolute atomic E-state index is 13.7. The molecule has 0 radical (unpaired) electrons. The van der Waals surface area contributed by atoms with Crippen LogP contribution in [0.15, 0.2) is 97.1 Å². The van der Waals surface area contributed by atoms with Crippen molar-refractivity contribution < 1.29 is 23.1 Å². The number of anilines is 2. The third-order valence-electron chi connectivity index (χ3n) is 4.70. The number of carbonyl (C=O) groups excluding carboxylic acids is 2. The maximum atomic E-state index is 13.7. The number of carbonyl (C=O) groups is 2. The van der Waals surface area contributed by atoms with Crippen LogP contribution in [-0.2, 0) is 0 Å². The molecule has 2 amide bonds. The molecule has 0 atom stereocenters. The molecule has 2 N–H and O–H groups in total. The van der Waals surface area contributed by atoms with Gasteiger partial charge in [0, 0.05) is 11.4 Å². The van der Waals surface area contributed by atoms with Crippen molar-refractivity contribution in [1.29, 1.82) is 0 Å². The molecule has 164 valence electrons. The maximum Gasteiger partial charge on any atom is 0.258 e. The third kappa shape index (κ3) is 5.40. The van der Waals surface area contributed by atoms with E-state index in [9.17, 15) is 18.4 Å².